The highest BCUT2D eigenvalue weighted by molar-refractivity contribution is 5.88. The van der Waals surface area contributed by atoms with Crippen LogP contribution in [0.3, 0.4) is 0 Å². The van der Waals surface area contributed by atoms with E-state index in [2.05, 4.69) is 40.3 Å². The second-order valence-electron chi connectivity index (χ2n) is 7.26. The number of hydrogen-bond acceptors (Lipinski definition) is 6. The number of piperidine rings is 1. The molecule has 2 aromatic heterocycles. The molecule has 1 fully saturated rings. The Bertz CT molecular complexity index is 976. The van der Waals surface area contributed by atoms with Gasteiger partial charge in [-0.2, -0.15) is 0 Å². The topological polar surface area (TPSA) is 70.5 Å². The summed E-state index contributed by atoms with van der Waals surface area (Å²) in [7, 11) is 1.67. The number of β-amino-alcohol motifs (C(OH)–C–C–N with tert-alkyl or cyclic N) is 1. The van der Waals surface area contributed by atoms with E-state index in [1.54, 1.807) is 7.11 Å². The average Bonchev–Trinajstić information content (AvgIpc) is 2.72. The molecule has 0 amide bonds. The number of para-hydroxylation sites is 1. The van der Waals surface area contributed by atoms with Crippen LogP contribution in [0.2, 0.25) is 0 Å². The Morgan fingerprint density at radius 3 is 3.00 bits per heavy atom. The third-order valence-corrected chi connectivity index (χ3v) is 5.25. The van der Waals surface area contributed by atoms with Crippen molar-refractivity contribution in [3.63, 3.8) is 0 Å². The molecule has 1 saturated heterocycles. The molecule has 1 aliphatic heterocycles. The zero-order chi connectivity index (χ0) is 19.5. The maximum Gasteiger partial charge on any atom is 0.145 e. The summed E-state index contributed by atoms with van der Waals surface area (Å²) < 4.78 is 5.48. The molecule has 0 radical (unpaired) electrons. The minimum Gasteiger partial charge on any atom is -0.494 e. The molecule has 1 unspecified atom stereocenters. The molecule has 1 aromatic carbocycles. The highest BCUT2D eigenvalue weighted by Crippen LogP contribution is 2.28. The van der Waals surface area contributed by atoms with E-state index >= 15 is 0 Å². The summed E-state index contributed by atoms with van der Waals surface area (Å²) in [5.74, 6) is 2.51. The number of pyridine rings is 2. The van der Waals surface area contributed by atoms with E-state index in [-0.39, 0.29) is 6.10 Å². The van der Waals surface area contributed by atoms with E-state index in [1.165, 1.54) is 0 Å². The lowest BCUT2D eigenvalue weighted by atomic mass is 10.1. The van der Waals surface area contributed by atoms with Gasteiger partial charge in [0.2, 0.25) is 0 Å². The van der Waals surface area contributed by atoms with Crippen molar-refractivity contribution in [1.82, 2.24) is 9.97 Å². The van der Waals surface area contributed by atoms with Crippen molar-refractivity contribution in [1.29, 1.82) is 0 Å². The Hall–Kier alpha value is -2.86. The standard InChI is InChI=1S/C22H26N4O2/c1-15-12-20(25-21-18(15)8-3-9-19(21)28-2)24-13-16-6-4-10-23-22(16)26-11-5-7-17(27)14-26/h3-4,6,8-10,12,17,27H,5,7,11,13-14H2,1-2H3,(H,24,25). The van der Waals surface area contributed by atoms with Crippen LogP contribution in [0.4, 0.5) is 11.6 Å². The van der Waals surface area contributed by atoms with Gasteiger partial charge in [0, 0.05) is 36.8 Å². The number of fused-ring (bicyclic) bond motifs is 1. The van der Waals surface area contributed by atoms with Crippen LogP contribution in [-0.2, 0) is 6.54 Å². The second-order valence-corrected chi connectivity index (χ2v) is 7.26. The van der Waals surface area contributed by atoms with Crippen molar-refractivity contribution in [2.24, 2.45) is 0 Å². The summed E-state index contributed by atoms with van der Waals surface area (Å²) in [6.45, 7) is 4.25. The normalized spacial score (nSPS) is 17.0. The number of aryl methyl sites for hydroxylation is 1. The van der Waals surface area contributed by atoms with Gasteiger partial charge in [-0.25, -0.2) is 9.97 Å². The van der Waals surface area contributed by atoms with E-state index in [0.717, 1.165) is 58.8 Å². The SMILES string of the molecule is COc1cccc2c(C)cc(NCc3cccnc3N3CCCC(O)C3)nc12. The number of methoxy groups -OCH3 is 1. The summed E-state index contributed by atoms with van der Waals surface area (Å²) in [5, 5.41) is 14.5. The molecule has 146 valence electrons. The number of aromatic nitrogens is 2. The Morgan fingerprint density at radius 1 is 1.29 bits per heavy atom. The van der Waals surface area contributed by atoms with Gasteiger partial charge in [-0.1, -0.05) is 18.2 Å². The van der Waals surface area contributed by atoms with Crippen molar-refractivity contribution >= 4 is 22.5 Å². The van der Waals surface area contributed by atoms with E-state index < -0.39 is 0 Å². The van der Waals surface area contributed by atoms with Crippen molar-refractivity contribution in [2.45, 2.75) is 32.4 Å². The predicted octanol–water partition coefficient (Wildman–Crippen LogP) is 3.52. The van der Waals surface area contributed by atoms with Crippen LogP contribution in [0.1, 0.15) is 24.0 Å². The molecule has 0 saturated carbocycles. The number of aliphatic hydroxyl groups is 1. The Balaban J connectivity index is 1.58. The van der Waals surface area contributed by atoms with E-state index in [9.17, 15) is 5.11 Å². The van der Waals surface area contributed by atoms with Crippen LogP contribution in [0, 0.1) is 6.92 Å². The molecule has 0 spiro atoms. The zero-order valence-electron chi connectivity index (χ0n) is 16.4. The first kappa shape index (κ1) is 18.5. The molecule has 28 heavy (non-hydrogen) atoms. The van der Waals surface area contributed by atoms with Crippen LogP contribution < -0.4 is 15.0 Å². The van der Waals surface area contributed by atoms with E-state index in [0.29, 0.717) is 13.1 Å². The van der Waals surface area contributed by atoms with Crippen molar-refractivity contribution in [2.75, 3.05) is 30.4 Å². The van der Waals surface area contributed by atoms with Crippen molar-refractivity contribution in [3.05, 3.63) is 53.7 Å². The second kappa shape index (κ2) is 8.02. The number of nitrogens with zero attached hydrogens (tertiary/aromatic N) is 3. The number of rotatable bonds is 5. The lowest BCUT2D eigenvalue weighted by Gasteiger charge is -2.32. The highest BCUT2D eigenvalue weighted by atomic mass is 16.5. The molecule has 1 atom stereocenters. The maximum absolute atomic E-state index is 10.0. The van der Waals surface area contributed by atoms with Crippen LogP contribution >= 0.6 is 0 Å². The van der Waals surface area contributed by atoms with E-state index in [1.807, 2.05) is 24.4 Å². The highest BCUT2D eigenvalue weighted by Gasteiger charge is 2.20. The third-order valence-electron chi connectivity index (χ3n) is 5.25. The largest absolute Gasteiger partial charge is 0.494 e. The van der Waals surface area contributed by atoms with Gasteiger partial charge in [0.25, 0.3) is 0 Å². The first-order valence-electron chi connectivity index (χ1n) is 9.71. The summed E-state index contributed by atoms with van der Waals surface area (Å²) in [6.07, 6.45) is 3.37. The van der Waals surface area contributed by atoms with Gasteiger partial charge in [-0.15, -0.1) is 0 Å². The van der Waals surface area contributed by atoms with E-state index in [4.69, 9.17) is 9.72 Å². The molecule has 3 aromatic rings. The van der Waals surface area contributed by atoms with Gasteiger partial charge in [0.1, 0.15) is 22.9 Å². The van der Waals surface area contributed by atoms with Gasteiger partial charge >= 0.3 is 0 Å². The number of aliphatic hydroxyl groups excluding tert-OH is 1. The quantitative estimate of drug-likeness (QED) is 0.708. The zero-order valence-corrected chi connectivity index (χ0v) is 16.4. The van der Waals surface area contributed by atoms with Crippen LogP contribution in [-0.4, -0.2) is 41.4 Å². The van der Waals surface area contributed by atoms with Gasteiger partial charge < -0.3 is 20.1 Å². The molecule has 6 nitrogen and oxygen atoms in total. The molecule has 2 N–H and O–H groups in total. The van der Waals surface area contributed by atoms with Crippen molar-refractivity contribution in [3.8, 4) is 5.75 Å². The maximum atomic E-state index is 10.0. The molecule has 4 rings (SSSR count). The minimum atomic E-state index is -0.283. The molecule has 3 heterocycles. The van der Waals surface area contributed by atoms with Gasteiger partial charge in [-0.3, -0.25) is 0 Å². The average molecular weight is 378 g/mol. The fourth-order valence-corrected chi connectivity index (χ4v) is 3.83. The van der Waals surface area contributed by atoms with Crippen LogP contribution in [0.5, 0.6) is 5.75 Å². The first-order valence-corrected chi connectivity index (χ1v) is 9.71. The number of anilines is 2. The smallest absolute Gasteiger partial charge is 0.145 e. The number of hydrogen-bond donors (Lipinski definition) is 2. The predicted molar refractivity (Wildman–Crippen MR) is 112 cm³/mol. The Morgan fingerprint density at radius 2 is 2.18 bits per heavy atom. The van der Waals surface area contributed by atoms with Gasteiger partial charge in [0.15, 0.2) is 0 Å². The molecule has 6 heteroatoms. The molecular formula is C22H26N4O2. The van der Waals surface area contributed by atoms with Crippen molar-refractivity contribution < 1.29 is 9.84 Å². The third kappa shape index (κ3) is 3.73. The monoisotopic (exact) mass is 378 g/mol. The van der Waals surface area contributed by atoms with Crippen LogP contribution in [0.15, 0.2) is 42.6 Å². The molecular weight excluding hydrogens is 352 g/mol. The number of nitrogens with one attached hydrogen (secondary N) is 1. The summed E-state index contributed by atoms with van der Waals surface area (Å²) in [4.78, 5) is 11.5. The lowest BCUT2D eigenvalue weighted by Crippen LogP contribution is -2.39. The minimum absolute atomic E-state index is 0.283. The summed E-state index contributed by atoms with van der Waals surface area (Å²) >= 11 is 0. The fraction of sp³-hybridized carbons (Fsp3) is 0.364. The lowest BCUT2D eigenvalue weighted by molar-refractivity contribution is 0.154. The summed E-state index contributed by atoms with van der Waals surface area (Å²) in [6, 6.07) is 12.1. The molecule has 1 aliphatic rings. The Labute approximate surface area is 165 Å². The number of ether oxygens (including phenoxy) is 1. The summed E-state index contributed by atoms with van der Waals surface area (Å²) in [5.41, 5.74) is 3.10. The van der Waals surface area contributed by atoms with Crippen LogP contribution in [0.25, 0.3) is 10.9 Å². The van der Waals surface area contributed by atoms with Gasteiger partial charge in [-0.05, 0) is 43.5 Å². The fourth-order valence-electron chi connectivity index (χ4n) is 3.83. The number of benzene rings is 1. The molecule has 0 aliphatic carbocycles. The first-order chi connectivity index (χ1) is 13.7. The van der Waals surface area contributed by atoms with Gasteiger partial charge in [0.05, 0.1) is 13.2 Å². The Kier molecular flexibility index (Phi) is 5.30. The molecule has 0 bridgehead atoms.